The molecule has 2 rings (SSSR count). The maximum absolute atomic E-state index is 2.43. The fraction of sp³-hybridized carbons (Fsp3) is 1.00. The Hall–Kier alpha value is 0.350. The summed E-state index contributed by atoms with van der Waals surface area (Å²) in [6.45, 7) is 7.27. The SMILES string of the molecule is CC1CC2SC1C(C)C2C. The highest BCUT2D eigenvalue weighted by molar-refractivity contribution is 8.01. The Morgan fingerprint density at radius 1 is 1.10 bits per heavy atom. The Balaban J connectivity index is 2.16. The van der Waals surface area contributed by atoms with E-state index in [0.717, 1.165) is 28.3 Å². The monoisotopic (exact) mass is 156 g/mol. The van der Waals surface area contributed by atoms with Crippen molar-refractivity contribution in [1.29, 1.82) is 0 Å². The molecular formula is C9H16S. The Labute approximate surface area is 67.8 Å². The third-order valence-corrected chi connectivity index (χ3v) is 5.61. The molecule has 0 spiro atoms. The fourth-order valence-corrected chi connectivity index (χ4v) is 4.70. The lowest BCUT2D eigenvalue weighted by atomic mass is 9.77. The quantitative estimate of drug-likeness (QED) is 0.519. The summed E-state index contributed by atoms with van der Waals surface area (Å²) in [5, 5.41) is 2.01. The van der Waals surface area contributed by atoms with Crippen molar-refractivity contribution in [3.05, 3.63) is 0 Å². The van der Waals surface area contributed by atoms with E-state index in [-0.39, 0.29) is 0 Å². The van der Waals surface area contributed by atoms with Crippen LogP contribution in [0.2, 0.25) is 0 Å². The summed E-state index contributed by atoms with van der Waals surface area (Å²) in [4.78, 5) is 0. The standard InChI is InChI=1S/C9H16S/c1-5-4-8-6(2)7(3)9(5)10-8/h5-9H,4H2,1-3H3. The van der Waals surface area contributed by atoms with Gasteiger partial charge in [0, 0.05) is 10.5 Å². The van der Waals surface area contributed by atoms with Gasteiger partial charge in [0.1, 0.15) is 0 Å². The lowest BCUT2D eigenvalue weighted by Gasteiger charge is -2.27. The zero-order valence-electron chi connectivity index (χ0n) is 7.00. The summed E-state index contributed by atoms with van der Waals surface area (Å²) in [5.41, 5.74) is 0. The van der Waals surface area contributed by atoms with E-state index in [0.29, 0.717) is 0 Å². The Kier molecular flexibility index (Phi) is 1.52. The van der Waals surface area contributed by atoms with Crippen molar-refractivity contribution in [3.8, 4) is 0 Å². The first kappa shape index (κ1) is 7.02. The molecule has 0 aromatic carbocycles. The average molecular weight is 156 g/mol. The molecule has 5 unspecified atom stereocenters. The van der Waals surface area contributed by atoms with E-state index in [1.807, 2.05) is 0 Å². The van der Waals surface area contributed by atoms with Crippen LogP contribution in [0.1, 0.15) is 27.2 Å². The van der Waals surface area contributed by atoms with E-state index in [1.165, 1.54) is 6.42 Å². The van der Waals surface area contributed by atoms with Gasteiger partial charge in [0.15, 0.2) is 0 Å². The molecule has 0 aromatic rings. The predicted octanol–water partition coefficient (Wildman–Crippen LogP) is 2.78. The van der Waals surface area contributed by atoms with Gasteiger partial charge < -0.3 is 0 Å². The van der Waals surface area contributed by atoms with Crippen molar-refractivity contribution in [2.45, 2.75) is 37.7 Å². The first-order valence-corrected chi connectivity index (χ1v) is 5.30. The van der Waals surface area contributed by atoms with Gasteiger partial charge >= 0.3 is 0 Å². The van der Waals surface area contributed by atoms with Crippen molar-refractivity contribution in [1.82, 2.24) is 0 Å². The molecule has 0 N–H and O–H groups in total. The highest BCUT2D eigenvalue weighted by atomic mass is 32.2. The third kappa shape index (κ3) is 0.761. The molecule has 2 aliphatic rings. The van der Waals surface area contributed by atoms with Crippen LogP contribution in [0.15, 0.2) is 0 Å². The second kappa shape index (κ2) is 2.17. The van der Waals surface area contributed by atoms with Gasteiger partial charge in [0.2, 0.25) is 0 Å². The molecule has 2 heterocycles. The second-order valence-corrected chi connectivity index (χ2v) is 5.49. The molecular weight excluding hydrogens is 140 g/mol. The van der Waals surface area contributed by atoms with Gasteiger partial charge in [-0.15, -0.1) is 0 Å². The van der Waals surface area contributed by atoms with Gasteiger partial charge in [-0.1, -0.05) is 20.8 Å². The largest absolute Gasteiger partial charge is 0.154 e. The molecule has 0 nitrogen and oxygen atoms in total. The summed E-state index contributed by atoms with van der Waals surface area (Å²) in [6, 6.07) is 0. The number of rotatable bonds is 0. The topological polar surface area (TPSA) is 0 Å². The first-order valence-electron chi connectivity index (χ1n) is 4.35. The van der Waals surface area contributed by atoms with E-state index < -0.39 is 0 Å². The van der Waals surface area contributed by atoms with Gasteiger partial charge in [-0.2, -0.15) is 11.8 Å². The van der Waals surface area contributed by atoms with Gasteiger partial charge in [-0.05, 0) is 24.2 Å². The fourth-order valence-electron chi connectivity index (χ4n) is 2.51. The van der Waals surface area contributed by atoms with Gasteiger partial charge in [-0.3, -0.25) is 0 Å². The van der Waals surface area contributed by atoms with Crippen molar-refractivity contribution in [2.75, 3.05) is 0 Å². The van der Waals surface area contributed by atoms with Crippen LogP contribution >= 0.6 is 11.8 Å². The zero-order valence-corrected chi connectivity index (χ0v) is 7.82. The average Bonchev–Trinajstić information content (AvgIpc) is 2.36. The van der Waals surface area contributed by atoms with Gasteiger partial charge in [0.25, 0.3) is 0 Å². The molecule has 1 heteroatoms. The van der Waals surface area contributed by atoms with Crippen LogP contribution in [0, 0.1) is 17.8 Å². The normalized spacial score (nSPS) is 59.7. The molecule has 0 aliphatic carbocycles. The molecule has 2 bridgehead atoms. The van der Waals surface area contributed by atoms with E-state index in [1.54, 1.807) is 0 Å². The molecule has 2 fully saturated rings. The lowest BCUT2D eigenvalue weighted by Crippen LogP contribution is -2.27. The van der Waals surface area contributed by atoms with Crippen molar-refractivity contribution in [2.24, 2.45) is 17.8 Å². The predicted molar refractivity (Wildman–Crippen MR) is 47.3 cm³/mol. The molecule has 2 saturated heterocycles. The van der Waals surface area contributed by atoms with Crippen LogP contribution in [-0.2, 0) is 0 Å². The molecule has 0 radical (unpaired) electrons. The van der Waals surface area contributed by atoms with Crippen molar-refractivity contribution in [3.63, 3.8) is 0 Å². The highest BCUT2D eigenvalue weighted by Crippen LogP contribution is 2.55. The Morgan fingerprint density at radius 2 is 1.80 bits per heavy atom. The maximum Gasteiger partial charge on any atom is 0.0104 e. The van der Waals surface area contributed by atoms with Gasteiger partial charge in [-0.25, -0.2) is 0 Å². The minimum absolute atomic E-state index is 0.985. The van der Waals surface area contributed by atoms with Crippen molar-refractivity contribution >= 4 is 11.8 Å². The number of hydrogen-bond donors (Lipinski definition) is 0. The van der Waals surface area contributed by atoms with Crippen LogP contribution in [0.5, 0.6) is 0 Å². The smallest absolute Gasteiger partial charge is 0.0104 e. The van der Waals surface area contributed by atoms with Crippen molar-refractivity contribution < 1.29 is 0 Å². The molecule has 0 amide bonds. The maximum atomic E-state index is 2.43. The summed E-state index contributed by atoms with van der Waals surface area (Å²) >= 11 is 2.26. The first-order chi connectivity index (χ1) is 4.70. The van der Waals surface area contributed by atoms with E-state index in [9.17, 15) is 0 Å². The molecule has 0 saturated carbocycles. The molecule has 2 aliphatic heterocycles. The van der Waals surface area contributed by atoms with Crippen LogP contribution in [-0.4, -0.2) is 10.5 Å². The van der Waals surface area contributed by atoms with Crippen LogP contribution in [0.4, 0.5) is 0 Å². The minimum atomic E-state index is 0.985. The number of hydrogen-bond acceptors (Lipinski definition) is 1. The van der Waals surface area contributed by atoms with Crippen LogP contribution in [0.25, 0.3) is 0 Å². The van der Waals surface area contributed by atoms with Crippen LogP contribution in [0.3, 0.4) is 0 Å². The molecule has 10 heavy (non-hydrogen) atoms. The minimum Gasteiger partial charge on any atom is -0.154 e. The zero-order chi connectivity index (χ0) is 7.30. The number of fused-ring (bicyclic) bond motifs is 2. The highest BCUT2D eigenvalue weighted by Gasteiger charge is 2.47. The van der Waals surface area contributed by atoms with E-state index in [2.05, 4.69) is 32.5 Å². The summed E-state index contributed by atoms with van der Waals surface area (Å²) in [7, 11) is 0. The summed E-state index contributed by atoms with van der Waals surface area (Å²) in [6.07, 6.45) is 1.49. The molecule has 0 aromatic heterocycles. The van der Waals surface area contributed by atoms with Gasteiger partial charge in [0.05, 0.1) is 0 Å². The van der Waals surface area contributed by atoms with Crippen LogP contribution < -0.4 is 0 Å². The molecule has 58 valence electrons. The summed E-state index contributed by atoms with van der Waals surface area (Å²) < 4.78 is 0. The third-order valence-electron chi connectivity index (χ3n) is 3.43. The van der Waals surface area contributed by atoms with E-state index in [4.69, 9.17) is 0 Å². The molecule has 5 atom stereocenters. The summed E-state index contributed by atoms with van der Waals surface area (Å²) in [5.74, 6) is 2.98. The Morgan fingerprint density at radius 3 is 2.20 bits per heavy atom. The van der Waals surface area contributed by atoms with E-state index >= 15 is 0 Å². The Bertz CT molecular complexity index is 142. The lowest BCUT2D eigenvalue weighted by molar-refractivity contribution is 0.273. The second-order valence-electron chi connectivity index (χ2n) is 4.07. The number of thioether (sulfide) groups is 1.